The van der Waals surface area contributed by atoms with Crippen LogP contribution in [0.4, 0.5) is 11.4 Å². The molecule has 0 radical (unpaired) electrons. The fourth-order valence-corrected chi connectivity index (χ4v) is 4.99. The molecule has 2 heterocycles. The highest BCUT2D eigenvalue weighted by molar-refractivity contribution is 7.94. The van der Waals surface area contributed by atoms with Gasteiger partial charge in [0.2, 0.25) is 10.0 Å². The Hall–Kier alpha value is -2.54. The van der Waals surface area contributed by atoms with Crippen LogP contribution in [-0.4, -0.2) is 57.7 Å². The number of rotatable bonds is 3. The third kappa shape index (κ3) is 3.46. The summed E-state index contributed by atoms with van der Waals surface area (Å²) in [7, 11) is -3.14. The number of carbonyl (C=O) groups is 1. The molecular weight excluding hydrogens is 374 g/mol. The summed E-state index contributed by atoms with van der Waals surface area (Å²) in [5, 5.41) is 0. The topological polar surface area (TPSA) is 60.9 Å². The van der Waals surface area contributed by atoms with Gasteiger partial charge in [0.15, 0.2) is 0 Å². The summed E-state index contributed by atoms with van der Waals surface area (Å²) < 4.78 is 24.8. The van der Waals surface area contributed by atoms with Gasteiger partial charge in [0.1, 0.15) is 0 Å². The Kier molecular flexibility index (Phi) is 4.79. The van der Waals surface area contributed by atoms with Gasteiger partial charge in [-0.3, -0.25) is 9.10 Å². The lowest BCUT2D eigenvalue weighted by molar-refractivity contribution is 0.0747. The van der Waals surface area contributed by atoms with Crippen LogP contribution < -0.4 is 9.21 Å². The predicted molar refractivity (Wildman–Crippen MR) is 112 cm³/mol. The Balaban J connectivity index is 1.40. The van der Waals surface area contributed by atoms with Gasteiger partial charge in [0, 0.05) is 44.0 Å². The van der Waals surface area contributed by atoms with E-state index in [2.05, 4.69) is 36.9 Å². The van der Waals surface area contributed by atoms with Crippen molar-refractivity contribution < 1.29 is 13.2 Å². The van der Waals surface area contributed by atoms with Crippen LogP contribution in [0.1, 0.15) is 21.5 Å². The fourth-order valence-electron chi connectivity index (χ4n) is 3.88. The van der Waals surface area contributed by atoms with Crippen LogP contribution in [0.5, 0.6) is 0 Å². The minimum Gasteiger partial charge on any atom is -0.368 e. The van der Waals surface area contributed by atoms with E-state index in [-0.39, 0.29) is 11.7 Å². The lowest BCUT2D eigenvalue weighted by Crippen LogP contribution is -2.49. The van der Waals surface area contributed by atoms with Crippen molar-refractivity contribution in [2.75, 3.05) is 47.7 Å². The molecule has 0 bridgehead atoms. The van der Waals surface area contributed by atoms with E-state index in [9.17, 15) is 13.2 Å². The van der Waals surface area contributed by atoms with Gasteiger partial charge in [0.05, 0.1) is 11.4 Å². The van der Waals surface area contributed by atoms with Crippen LogP contribution in [-0.2, 0) is 10.0 Å². The number of hydrogen-bond acceptors (Lipinski definition) is 4. The third-order valence-corrected chi connectivity index (χ3v) is 7.31. The Morgan fingerprint density at radius 3 is 2.11 bits per heavy atom. The summed E-state index contributed by atoms with van der Waals surface area (Å²) in [6, 6.07) is 13.4. The highest BCUT2D eigenvalue weighted by Gasteiger charge is 2.32. The van der Waals surface area contributed by atoms with E-state index in [1.165, 1.54) is 21.1 Å². The van der Waals surface area contributed by atoms with Gasteiger partial charge in [-0.05, 0) is 49.7 Å². The van der Waals surface area contributed by atoms with Crippen molar-refractivity contribution in [3.8, 4) is 0 Å². The van der Waals surface area contributed by atoms with Crippen LogP contribution in [0, 0.1) is 13.8 Å². The highest BCUT2D eigenvalue weighted by Crippen LogP contribution is 2.26. The number of hydrogen-bond donors (Lipinski definition) is 0. The largest absolute Gasteiger partial charge is 0.368 e. The quantitative estimate of drug-likeness (QED) is 0.795. The Bertz CT molecular complexity index is 994. The van der Waals surface area contributed by atoms with E-state index in [1.54, 1.807) is 24.3 Å². The van der Waals surface area contributed by atoms with Crippen molar-refractivity contribution >= 4 is 27.3 Å². The molecule has 0 unspecified atom stereocenters. The van der Waals surface area contributed by atoms with Gasteiger partial charge in [-0.1, -0.05) is 17.7 Å². The van der Waals surface area contributed by atoms with Crippen LogP contribution in [0.25, 0.3) is 0 Å². The molecule has 2 aliphatic heterocycles. The van der Waals surface area contributed by atoms with E-state index in [1.807, 2.05) is 4.90 Å². The van der Waals surface area contributed by atoms with Crippen LogP contribution >= 0.6 is 0 Å². The van der Waals surface area contributed by atoms with Crippen molar-refractivity contribution in [3.05, 3.63) is 59.2 Å². The SMILES string of the molecule is Cc1ccc(N2CCN(C(=O)c3ccc(N4CCS4(=O)=O)cc3)CC2)c(C)c1. The molecule has 0 aromatic heterocycles. The molecule has 148 valence electrons. The lowest BCUT2D eigenvalue weighted by atomic mass is 10.1. The number of sulfonamides is 1. The highest BCUT2D eigenvalue weighted by atomic mass is 32.2. The van der Waals surface area contributed by atoms with Crippen LogP contribution in [0.15, 0.2) is 42.5 Å². The van der Waals surface area contributed by atoms with Gasteiger partial charge in [-0.15, -0.1) is 0 Å². The standard InChI is InChI=1S/C21H25N3O3S/c1-16-3-8-20(17(2)15-16)22-9-11-23(12-10-22)21(25)18-4-6-19(7-5-18)24-13-14-28(24,26)27/h3-8,15H,9-14H2,1-2H3. The summed E-state index contributed by atoms with van der Waals surface area (Å²) in [4.78, 5) is 17.0. The molecule has 0 atom stereocenters. The molecule has 2 aromatic carbocycles. The van der Waals surface area contributed by atoms with E-state index >= 15 is 0 Å². The Morgan fingerprint density at radius 1 is 0.893 bits per heavy atom. The number of anilines is 2. The van der Waals surface area contributed by atoms with Crippen molar-refractivity contribution in [1.29, 1.82) is 0 Å². The maximum absolute atomic E-state index is 12.8. The van der Waals surface area contributed by atoms with Gasteiger partial charge < -0.3 is 9.80 Å². The zero-order chi connectivity index (χ0) is 19.9. The first-order chi connectivity index (χ1) is 13.3. The van der Waals surface area contributed by atoms with E-state index in [0.29, 0.717) is 30.9 Å². The second kappa shape index (κ2) is 7.13. The summed E-state index contributed by atoms with van der Waals surface area (Å²) >= 11 is 0. The van der Waals surface area contributed by atoms with Gasteiger partial charge in [0.25, 0.3) is 5.91 Å². The molecule has 2 aliphatic rings. The van der Waals surface area contributed by atoms with Crippen LogP contribution in [0.3, 0.4) is 0 Å². The molecule has 2 saturated heterocycles. The smallest absolute Gasteiger partial charge is 0.253 e. The number of amides is 1. The minimum atomic E-state index is -3.14. The minimum absolute atomic E-state index is 0.00158. The maximum atomic E-state index is 12.8. The maximum Gasteiger partial charge on any atom is 0.253 e. The van der Waals surface area contributed by atoms with Gasteiger partial charge in [-0.2, -0.15) is 0 Å². The molecule has 0 N–H and O–H groups in total. The van der Waals surface area contributed by atoms with Gasteiger partial charge in [-0.25, -0.2) is 8.42 Å². The second-order valence-corrected chi connectivity index (χ2v) is 9.52. The lowest BCUT2D eigenvalue weighted by Gasteiger charge is -2.37. The van der Waals surface area contributed by atoms with Gasteiger partial charge >= 0.3 is 0 Å². The summed E-state index contributed by atoms with van der Waals surface area (Å²) in [5.74, 6) is 0.191. The number of aryl methyl sites for hydroxylation is 2. The molecule has 6 nitrogen and oxygen atoms in total. The second-order valence-electron chi connectivity index (χ2n) is 7.50. The normalized spacial score (nSPS) is 18.7. The third-order valence-electron chi connectivity index (χ3n) is 5.55. The number of benzene rings is 2. The number of carbonyl (C=O) groups excluding carboxylic acids is 1. The molecule has 2 aromatic rings. The summed E-state index contributed by atoms with van der Waals surface area (Å²) in [6.07, 6.45) is 0. The molecule has 2 fully saturated rings. The Labute approximate surface area is 166 Å². The zero-order valence-corrected chi connectivity index (χ0v) is 17.1. The van der Waals surface area contributed by atoms with E-state index < -0.39 is 10.0 Å². The molecular formula is C21H25N3O3S. The molecule has 7 heteroatoms. The van der Waals surface area contributed by atoms with Crippen molar-refractivity contribution in [1.82, 2.24) is 4.90 Å². The van der Waals surface area contributed by atoms with Crippen molar-refractivity contribution in [2.45, 2.75) is 13.8 Å². The van der Waals surface area contributed by atoms with E-state index in [4.69, 9.17) is 0 Å². The molecule has 0 saturated carbocycles. The Morgan fingerprint density at radius 2 is 1.57 bits per heavy atom. The van der Waals surface area contributed by atoms with E-state index in [0.717, 1.165) is 13.1 Å². The molecule has 1 amide bonds. The first kappa shape index (κ1) is 18.8. The molecule has 0 spiro atoms. The first-order valence-corrected chi connectivity index (χ1v) is 11.2. The fraction of sp³-hybridized carbons (Fsp3) is 0.381. The average molecular weight is 400 g/mol. The number of piperazine rings is 1. The summed E-state index contributed by atoms with van der Waals surface area (Å²) in [6.45, 7) is 7.69. The van der Waals surface area contributed by atoms with Crippen molar-refractivity contribution in [3.63, 3.8) is 0 Å². The molecule has 28 heavy (non-hydrogen) atoms. The zero-order valence-electron chi connectivity index (χ0n) is 16.3. The monoisotopic (exact) mass is 399 g/mol. The predicted octanol–water partition coefficient (Wildman–Crippen LogP) is 2.42. The van der Waals surface area contributed by atoms with Crippen LogP contribution in [0.2, 0.25) is 0 Å². The summed E-state index contributed by atoms with van der Waals surface area (Å²) in [5.41, 5.74) is 4.97. The molecule has 0 aliphatic carbocycles. The number of nitrogens with zero attached hydrogens (tertiary/aromatic N) is 3. The van der Waals surface area contributed by atoms with Crippen molar-refractivity contribution in [2.24, 2.45) is 0 Å². The first-order valence-electron chi connectivity index (χ1n) is 9.57. The average Bonchev–Trinajstić information content (AvgIpc) is 2.67. The molecule has 4 rings (SSSR count).